The lowest BCUT2D eigenvalue weighted by Gasteiger charge is -2.10. The van der Waals surface area contributed by atoms with Gasteiger partial charge in [0.05, 0.1) is 23.3 Å². The fraction of sp³-hybridized carbons (Fsp3) is 0.182. The Bertz CT molecular complexity index is 1240. The van der Waals surface area contributed by atoms with Crippen molar-refractivity contribution in [2.45, 2.75) is 26.4 Å². The molecule has 4 aromatic rings. The molecule has 0 spiro atoms. The van der Waals surface area contributed by atoms with Crippen molar-refractivity contribution in [3.8, 4) is 22.6 Å². The number of hydrogen-bond acceptors (Lipinski definition) is 4. The molecule has 0 saturated heterocycles. The van der Waals surface area contributed by atoms with E-state index in [-0.39, 0.29) is 11.5 Å². The number of aromatic nitrogens is 5. The Morgan fingerprint density at radius 3 is 2.42 bits per heavy atom. The topological polar surface area (TPSA) is 65.6 Å². The van der Waals surface area contributed by atoms with Gasteiger partial charge in [0.1, 0.15) is 17.2 Å². The average Bonchev–Trinajstić information content (AvgIpc) is 3.35. The summed E-state index contributed by atoms with van der Waals surface area (Å²) in [5, 5.41) is 12.2. The summed E-state index contributed by atoms with van der Waals surface area (Å²) in [6, 6.07) is 14.9. The van der Waals surface area contributed by atoms with Crippen LogP contribution in [-0.2, 0) is 17.4 Å². The molecule has 6 nitrogen and oxygen atoms in total. The Morgan fingerprint density at radius 2 is 1.74 bits per heavy atom. The van der Waals surface area contributed by atoms with Gasteiger partial charge in [-0.05, 0) is 55.8 Å². The van der Waals surface area contributed by atoms with Crippen LogP contribution < -0.4 is 0 Å². The fourth-order valence-electron chi connectivity index (χ4n) is 3.30. The number of carbonyl (C=O) groups is 1. The number of carbonyl (C=O) groups excluding carboxylic acids is 1. The third-order valence-electron chi connectivity index (χ3n) is 4.65. The Balaban J connectivity index is 1.61. The minimum Gasteiger partial charge on any atom is -0.300 e. The van der Waals surface area contributed by atoms with E-state index in [9.17, 15) is 18.0 Å². The van der Waals surface area contributed by atoms with Crippen molar-refractivity contribution in [1.29, 1.82) is 0 Å². The summed E-state index contributed by atoms with van der Waals surface area (Å²) in [7, 11) is 0. The van der Waals surface area contributed by atoms with Gasteiger partial charge in [0, 0.05) is 12.0 Å². The van der Waals surface area contributed by atoms with Crippen molar-refractivity contribution in [3.05, 3.63) is 77.7 Å². The van der Waals surface area contributed by atoms with E-state index in [1.54, 1.807) is 30.5 Å². The monoisotopic (exact) mass is 425 g/mol. The first-order valence-corrected chi connectivity index (χ1v) is 9.46. The number of aryl methyl sites for hydroxylation is 1. The van der Waals surface area contributed by atoms with Crippen LogP contribution in [0.1, 0.15) is 23.9 Å². The predicted molar refractivity (Wildman–Crippen MR) is 108 cm³/mol. The maximum absolute atomic E-state index is 13.3. The highest BCUT2D eigenvalue weighted by Crippen LogP contribution is 2.31. The SMILES string of the molecule is CC(=O)Cc1cccc(-c2cn(-c3ccc(-n4nc(C)cc4C(F)(F)F)cc3)nn2)c1. The summed E-state index contributed by atoms with van der Waals surface area (Å²) in [5.74, 6) is 0.0713. The molecule has 9 heteroatoms. The number of Topliss-reactive ketones (excluding diaryl/α,β-unsaturated/α-hetero) is 1. The molecular weight excluding hydrogens is 407 g/mol. The number of rotatable bonds is 5. The van der Waals surface area contributed by atoms with Crippen LogP contribution in [0.2, 0.25) is 0 Å². The number of ketones is 1. The lowest BCUT2D eigenvalue weighted by molar-refractivity contribution is -0.142. The van der Waals surface area contributed by atoms with Gasteiger partial charge in [-0.2, -0.15) is 18.3 Å². The number of benzene rings is 2. The molecule has 0 bridgehead atoms. The Labute approximate surface area is 175 Å². The summed E-state index contributed by atoms with van der Waals surface area (Å²) in [4.78, 5) is 11.4. The molecule has 0 unspecified atom stereocenters. The van der Waals surface area contributed by atoms with Crippen LogP contribution >= 0.6 is 0 Å². The van der Waals surface area contributed by atoms with Gasteiger partial charge in [-0.3, -0.25) is 4.79 Å². The third kappa shape index (κ3) is 4.40. The van der Waals surface area contributed by atoms with E-state index in [1.807, 2.05) is 24.3 Å². The minimum absolute atomic E-state index is 0.0713. The van der Waals surface area contributed by atoms with E-state index in [0.717, 1.165) is 21.9 Å². The molecule has 0 N–H and O–H groups in total. The van der Waals surface area contributed by atoms with Crippen molar-refractivity contribution < 1.29 is 18.0 Å². The van der Waals surface area contributed by atoms with Gasteiger partial charge in [0.15, 0.2) is 0 Å². The molecule has 0 amide bonds. The van der Waals surface area contributed by atoms with Crippen molar-refractivity contribution in [3.63, 3.8) is 0 Å². The first kappa shape index (κ1) is 20.5. The van der Waals surface area contributed by atoms with Crippen molar-refractivity contribution >= 4 is 5.78 Å². The number of alkyl halides is 3. The number of hydrogen-bond donors (Lipinski definition) is 0. The molecule has 0 atom stereocenters. The van der Waals surface area contributed by atoms with Crippen molar-refractivity contribution in [1.82, 2.24) is 24.8 Å². The highest BCUT2D eigenvalue weighted by atomic mass is 19.4. The maximum atomic E-state index is 13.3. The van der Waals surface area contributed by atoms with E-state index in [4.69, 9.17) is 0 Å². The summed E-state index contributed by atoms with van der Waals surface area (Å²) < 4.78 is 42.2. The number of nitrogens with zero attached hydrogens (tertiary/aromatic N) is 5. The van der Waals surface area contributed by atoms with E-state index in [2.05, 4.69) is 15.4 Å². The zero-order chi connectivity index (χ0) is 22.2. The second-order valence-corrected chi connectivity index (χ2v) is 7.22. The van der Waals surface area contributed by atoms with Crippen LogP contribution in [0.4, 0.5) is 13.2 Å². The van der Waals surface area contributed by atoms with E-state index >= 15 is 0 Å². The lowest BCUT2D eigenvalue weighted by Crippen LogP contribution is -2.13. The molecule has 0 saturated carbocycles. The Hall–Kier alpha value is -3.75. The fourth-order valence-corrected chi connectivity index (χ4v) is 3.30. The molecule has 2 aromatic carbocycles. The zero-order valence-electron chi connectivity index (χ0n) is 16.8. The average molecular weight is 425 g/mol. The first-order valence-electron chi connectivity index (χ1n) is 9.46. The molecule has 0 radical (unpaired) electrons. The molecule has 0 fully saturated rings. The molecule has 2 aromatic heterocycles. The van der Waals surface area contributed by atoms with Gasteiger partial charge in [-0.15, -0.1) is 5.10 Å². The molecule has 0 aliphatic heterocycles. The molecule has 158 valence electrons. The second kappa shape index (κ2) is 7.82. The molecular formula is C22H18F3N5O. The highest BCUT2D eigenvalue weighted by Gasteiger charge is 2.35. The van der Waals surface area contributed by atoms with Crippen LogP contribution in [0.3, 0.4) is 0 Å². The van der Waals surface area contributed by atoms with Gasteiger partial charge in [-0.1, -0.05) is 23.4 Å². The first-order chi connectivity index (χ1) is 14.7. The molecule has 0 aliphatic rings. The third-order valence-corrected chi connectivity index (χ3v) is 4.65. The quantitative estimate of drug-likeness (QED) is 0.470. The normalized spacial score (nSPS) is 11.6. The van der Waals surface area contributed by atoms with Gasteiger partial charge >= 0.3 is 6.18 Å². The van der Waals surface area contributed by atoms with Crippen LogP contribution in [0.5, 0.6) is 0 Å². The van der Waals surface area contributed by atoms with Crippen LogP contribution in [0.15, 0.2) is 60.8 Å². The van der Waals surface area contributed by atoms with Gasteiger partial charge in [-0.25, -0.2) is 9.36 Å². The van der Waals surface area contributed by atoms with Crippen LogP contribution in [0.25, 0.3) is 22.6 Å². The Kier molecular flexibility index (Phi) is 5.18. The summed E-state index contributed by atoms with van der Waals surface area (Å²) in [5.41, 5.74) is 2.72. The van der Waals surface area contributed by atoms with Gasteiger partial charge in [0.2, 0.25) is 0 Å². The van der Waals surface area contributed by atoms with E-state index < -0.39 is 11.9 Å². The number of halogens is 3. The van der Waals surface area contributed by atoms with Gasteiger partial charge < -0.3 is 0 Å². The van der Waals surface area contributed by atoms with E-state index in [0.29, 0.717) is 23.5 Å². The smallest absolute Gasteiger partial charge is 0.300 e. The molecule has 4 rings (SSSR count). The highest BCUT2D eigenvalue weighted by molar-refractivity contribution is 5.78. The maximum Gasteiger partial charge on any atom is 0.433 e. The van der Waals surface area contributed by atoms with E-state index in [1.165, 1.54) is 18.5 Å². The van der Waals surface area contributed by atoms with Crippen LogP contribution in [0, 0.1) is 6.92 Å². The second-order valence-electron chi connectivity index (χ2n) is 7.22. The molecule has 2 heterocycles. The van der Waals surface area contributed by atoms with Gasteiger partial charge in [0.25, 0.3) is 0 Å². The lowest BCUT2D eigenvalue weighted by atomic mass is 10.0. The predicted octanol–water partition coefficient (Wildman–Crippen LogP) is 4.58. The van der Waals surface area contributed by atoms with Crippen molar-refractivity contribution in [2.24, 2.45) is 0 Å². The summed E-state index contributed by atoms with van der Waals surface area (Å²) in [6.07, 6.45) is -2.44. The molecule has 31 heavy (non-hydrogen) atoms. The largest absolute Gasteiger partial charge is 0.433 e. The standard InChI is InChI=1S/C22H18F3N5O/c1-14-10-21(22(23,24)25)30(27-14)19-8-6-18(7-9-19)29-13-20(26-28-29)17-5-3-4-16(12-17)11-15(2)31/h3-10,12-13H,11H2,1-2H3. The van der Waals surface area contributed by atoms with Crippen molar-refractivity contribution in [2.75, 3.05) is 0 Å². The summed E-state index contributed by atoms with van der Waals surface area (Å²) in [6.45, 7) is 3.05. The minimum atomic E-state index is -4.50. The summed E-state index contributed by atoms with van der Waals surface area (Å²) >= 11 is 0. The molecule has 0 aliphatic carbocycles. The van der Waals surface area contributed by atoms with Crippen LogP contribution in [-0.4, -0.2) is 30.6 Å². The Morgan fingerprint density at radius 1 is 1.03 bits per heavy atom. The zero-order valence-corrected chi connectivity index (χ0v) is 16.8.